The predicted octanol–water partition coefficient (Wildman–Crippen LogP) is 4.09. The number of aromatic nitrogens is 2. The van der Waals surface area contributed by atoms with Crippen LogP contribution in [0.15, 0.2) is 42.5 Å². The van der Waals surface area contributed by atoms with Crippen LogP contribution in [0.1, 0.15) is 32.9 Å². The molecule has 0 unspecified atom stereocenters. The number of ether oxygens (including phenoxy) is 1. The normalized spacial score (nSPS) is 12.4. The summed E-state index contributed by atoms with van der Waals surface area (Å²) < 4.78 is 5.96. The molecule has 1 amide bonds. The Labute approximate surface area is 161 Å². The first kappa shape index (κ1) is 17.3. The number of carbonyl (C=O) groups excluding carboxylic acids is 1. The fourth-order valence-corrected chi connectivity index (χ4v) is 3.22. The number of aromatic amines is 1. The van der Waals surface area contributed by atoms with Gasteiger partial charge in [-0.2, -0.15) is 10.4 Å². The van der Waals surface area contributed by atoms with Crippen molar-refractivity contribution in [2.45, 2.75) is 20.0 Å². The molecule has 2 heterocycles. The molecule has 0 aliphatic carbocycles. The van der Waals surface area contributed by atoms with Gasteiger partial charge in [-0.3, -0.25) is 9.89 Å². The molecule has 2 aromatic carbocycles. The molecule has 0 atom stereocenters. The number of H-pyrrole nitrogens is 1. The molecule has 1 aliphatic rings. The fourth-order valence-electron chi connectivity index (χ4n) is 3.22. The molecule has 136 valence electrons. The number of hydrogen-bond donors (Lipinski definition) is 1. The zero-order valence-corrected chi connectivity index (χ0v) is 15.1. The molecule has 0 saturated carbocycles. The van der Waals surface area contributed by atoms with Crippen LogP contribution in [0.2, 0.25) is 0 Å². The standard InChI is InChI=1S/C21H15N5O2/c1-13-20(28-17-8-14(10-22)7-16(9-17)23-2)19(25-24-13)12-26-11-15-5-3-4-6-18(15)21(26)27/h3-9H,11-12H2,1H3,(H,24,25). The van der Waals surface area contributed by atoms with E-state index in [4.69, 9.17) is 16.6 Å². The molecule has 1 aliphatic heterocycles. The lowest BCUT2D eigenvalue weighted by Crippen LogP contribution is -2.23. The molecular weight excluding hydrogens is 354 g/mol. The van der Waals surface area contributed by atoms with E-state index in [2.05, 4.69) is 15.0 Å². The summed E-state index contributed by atoms with van der Waals surface area (Å²) in [5, 5.41) is 16.3. The number of fused-ring (bicyclic) bond motifs is 1. The Balaban J connectivity index is 1.61. The van der Waals surface area contributed by atoms with Gasteiger partial charge >= 0.3 is 0 Å². The molecule has 1 N–H and O–H groups in total. The highest BCUT2D eigenvalue weighted by Crippen LogP contribution is 2.33. The highest BCUT2D eigenvalue weighted by Gasteiger charge is 2.28. The first-order chi connectivity index (χ1) is 13.6. The smallest absolute Gasteiger partial charge is 0.254 e. The van der Waals surface area contributed by atoms with E-state index in [1.807, 2.05) is 37.3 Å². The van der Waals surface area contributed by atoms with Crippen molar-refractivity contribution in [3.05, 3.63) is 82.0 Å². The van der Waals surface area contributed by atoms with Crippen LogP contribution in [0.4, 0.5) is 5.69 Å². The number of benzene rings is 2. The Morgan fingerprint density at radius 3 is 2.93 bits per heavy atom. The van der Waals surface area contributed by atoms with Crippen molar-refractivity contribution in [1.82, 2.24) is 15.1 Å². The number of nitrogens with one attached hydrogen (secondary N) is 1. The molecule has 7 heteroatoms. The second-order valence-corrected chi connectivity index (χ2v) is 6.48. The summed E-state index contributed by atoms with van der Waals surface area (Å²) in [5.41, 5.74) is 3.65. The van der Waals surface area contributed by atoms with Gasteiger partial charge in [0.05, 0.1) is 24.9 Å². The Morgan fingerprint density at radius 2 is 2.18 bits per heavy atom. The minimum Gasteiger partial charge on any atom is -0.455 e. The van der Waals surface area contributed by atoms with Crippen molar-refractivity contribution in [1.29, 1.82) is 5.26 Å². The average molecular weight is 369 g/mol. The van der Waals surface area contributed by atoms with E-state index in [0.717, 1.165) is 5.56 Å². The van der Waals surface area contributed by atoms with Crippen molar-refractivity contribution in [2.24, 2.45) is 0 Å². The molecule has 1 aromatic heterocycles. The van der Waals surface area contributed by atoms with Crippen molar-refractivity contribution in [2.75, 3.05) is 0 Å². The van der Waals surface area contributed by atoms with Gasteiger partial charge in [0.1, 0.15) is 11.4 Å². The Kier molecular flexibility index (Phi) is 4.27. The van der Waals surface area contributed by atoms with Crippen LogP contribution < -0.4 is 4.74 Å². The van der Waals surface area contributed by atoms with Crippen LogP contribution in [0, 0.1) is 24.8 Å². The third-order valence-corrected chi connectivity index (χ3v) is 4.57. The first-order valence-electron chi connectivity index (χ1n) is 8.60. The summed E-state index contributed by atoms with van der Waals surface area (Å²) >= 11 is 0. The lowest BCUT2D eigenvalue weighted by molar-refractivity contribution is 0.0764. The van der Waals surface area contributed by atoms with Gasteiger partial charge in [0.15, 0.2) is 11.4 Å². The number of amides is 1. The third kappa shape index (κ3) is 3.06. The van der Waals surface area contributed by atoms with Crippen LogP contribution >= 0.6 is 0 Å². The lowest BCUT2D eigenvalue weighted by Gasteiger charge is -2.15. The van der Waals surface area contributed by atoms with Crippen LogP contribution in [-0.4, -0.2) is 21.0 Å². The highest BCUT2D eigenvalue weighted by molar-refractivity contribution is 5.98. The summed E-state index contributed by atoms with van der Waals surface area (Å²) in [4.78, 5) is 17.7. The molecule has 0 saturated heterocycles. The molecule has 4 rings (SSSR count). The number of rotatable bonds is 4. The minimum atomic E-state index is -0.0380. The van der Waals surface area contributed by atoms with Crippen molar-refractivity contribution in [3.8, 4) is 17.6 Å². The lowest BCUT2D eigenvalue weighted by atomic mass is 10.1. The van der Waals surface area contributed by atoms with Gasteiger partial charge in [0, 0.05) is 17.7 Å². The number of nitrogens with zero attached hydrogens (tertiary/aromatic N) is 4. The van der Waals surface area contributed by atoms with E-state index in [9.17, 15) is 4.79 Å². The monoisotopic (exact) mass is 369 g/mol. The van der Waals surface area contributed by atoms with E-state index in [0.29, 0.717) is 52.8 Å². The van der Waals surface area contributed by atoms with Crippen LogP contribution in [0.5, 0.6) is 11.5 Å². The van der Waals surface area contributed by atoms with Gasteiger partial charge in [-0.05, 0) is 36.8 Å². The van der Waals surface area contributed by atoms with Gasteiger partial charge in [0.2, 0.25) is 0 Å². The highest BCUT2D eigenvalue weighted by atomic mass is 16.5. The number of carbonyl (C=O) groups is 1. The molecule has 7 nitrogen and oxygen atoms in total. The minimum absolute atomic E-state index is 0.0380. The zero-order valence-electron chi connectivity index (χ0n) is 15.1. The summed E-state index contributed by atoms with van der Waals surface area (Å²) in [6.45, 7) is 9.81. The van der Waals surface area contributed by atoms with E-state index in [-0.39, 0.29) is 5.91 Å². The number of nitriles is 1. The Bertz CT molecular complexity index is 1130. The molecule has 0 bridgehead atoms. The maximum atomic E-state index is 12.6. The van der Waals surface area contributed by atoms with E-state index < -0.39 is 0 Å². The summed E-state index contributed by atoms with van der Waals surface area (Å²) in [7, 11) is 0. The number of aryl methyl sites for hydroxylation is 1. The molecule has 0 fully saturated rings. The summed E-state index contributed by atoms with van der Waals surface area (Å²) in [5.74, 6) is 0.839. The largest absolute Gasteiger partial charge is 0.455 e. The van der Waals surface area contributed by atoms with Crippen LogP contribution in [0.3, 0.4) is 0 Å². The molecule has 0 radical (unpaired) electrons. The molecular formula is C21H15N5O2. The van der Waals surface area contributed by atoms with Gasteiger partial charge < -0.3 is 9.64 Å². The second kappa shape index (κ2) is 6.90. The topological polar surface area (TPSA) is 86.4 Å². The van der Waals surface area contributed by atoms with Crippen LogP contribution in [0.25, 0.3) is 4.85 Å². The summed E-state index contributed by atoms with van der Waals surface area (Å²) in [6.07, 6.45) is 0. The van der Waals surface area contributed by atoms with Gasteiger partial charge in [-0.15, -0.1) is 0 Å². The Morgan fingerprint density at radius 1 is 1.36 bits per heavy atom. The maximum absolute atomic E-state index is 12.6. The molecule has 0 spiro atoms. The van der Waals surface area contributed by atoms with Crippen molar-refractivity contribution >= 4 is 11.6 Å². The maximum Gasteiger partial charge on any atom is 0.254 e. The quantitative estimate of drug-likeness (QED) is 0.702. The molecule has 28 heavy (non-hydrogen) atoms. The van der Waals surface area contributed by atoms with E-state index in [1.54, 1.807) is 17.0 Å². The number of hydrogen-bond acceptors (Lipinski definition) is 4. The van der Waals surface area contributed by atoms with Gasteiger partial charge in [-0.1, -0.05) is 18.2 Å². The van der Waals surface area contributed by atoms with Crippen molar-refractivity contribution in [3.63, 3.8) is 0 Å². The first-order valence-corrected chi connectivity index (χ1v) is 8.60. The fraction of sp³-hybridized carbons (Fsp3) is 0.143. The molecule has 3 aromatic rings. The van der Waals surface area contributed by atoms with Gasteiger partial charge in [0.25, 0.3) is 5.91 Å². The summed E-state index contributed by atoms with van der Waals surface area (Å²) in [6, 6.07) is 14.2. The predicted molar refractivity (Wildman–Crippen MR) is 101 cm³/mol. The van der Waals surface area contributed by atoms with E-state index in [1.165, 1.54) is 6.07 Å². The second-order valence-electron chi connectivity index (χ2n) is 6.48. The zero-order chi connectivity index (χ0) is 19.7. The van der Waals surface area contributed by atoms with Crippen molar-refractivity contribution < 1.29 is 9.53 Å². The van der Waals surface area contributed by atoms with E-state index >= 15 is 0 Å². The SMILES string of the molecule is [C-]#[N+]c1cc(C#N)cc(Oc2c(CN3Cc4ccccc4C3=O)n[nH]c2C)c1. The third-order valence-electron chi connectivity index (χ3n) is 4.57. The van der Waals surface area contributed by atoms with Crippen LogP contribution in [-0.2, 0) is 13.1 Å². The van der Waals surface area contributed by atoms with Gasteiger partial charge in [-0.25, -0.2) is 4.85 Å². The average Bonchev–Trinajstić information content (AvgIpc) is 3.22. The Hall–Kier alpha value is -4.10.